The molecule has 0 saturated carbocycles. The van der Waals surface area contributed by atoms with Crippen molar-refractivity contribution in [2.75, 3.05) is 0 Å². The Morgan fingerprint density at radius 1 is 1.47 bits per heavy atom. The van der Waals surface area contributed by atoms with Gasteiger partial charge >= 0.3 is 6.18 Å². The first kappa shape index (κ1) is 14.0. The van der Waals surface area contributed by atoms with E-state index in [2.05, 4.69) is 5.10 Å². The molecule has 1 aliphatic rings. The molecule has 1 fully saturated rings. The molecule has 0 spiro atoms. The molecule has 1 aromatic heterocycles. The lowest BCUT2D eigenvalue weighted by atomic mass is 10.1. The van der Waals surface area contributed by atoms with E-state index < -0.39 is 17.4 Å². The lowest BCUT2D eigenvalue weighted by molar-refractivity contribution is -0.142. The van der Waals surface area contributed by atoms with Crippen LogP contribution >= 0.6 is 0 Å². The van der Waals surface area contributed by atoms with Crippen molar-refractivity contribution in [1.82, 2.24) is 9.78 Å². The van der Waals surface area contributed by atoms with Crippen LogP contribution < -0.4 is 5.56 Å². The van der Waals surface area contributed by atoms with Gasteiger partial charge in [-0.15, -0.1) is 0 Å². The van der Waals surface area contributed by atoms with Gasteiger partial charge in [0.25, 0.3) is 5.56 Å². The average molecular weight is 276 g/mol. The maximum Gasteiger partial charge on any atom is 0.435 e. The molecule has 0 bridgehead atoms. The van der Waals surface area contributed by atoms with Crippen LogP contribution in [0.25, 0.3) is 0 Å². The SMILES string of the molecule is CC1(C)CCC(Cn2nc(C(F)(F)F)ccc2=O)O1. The van der Waals surface area contributed by atoms with Gasteiger partial charge in [-0.2, -0.15) is 18.3 Å². The smallest absolute Gasteiger partial charge is 0.370 e. The Labute approximate surface area is 108 Å². The van der Waals surface area contributed by atoms with Gasteiger partial charge in [0.2, 0.25) is 0 Å². The van der Waals surface area contributed by atoms with E-state index in [1.54, 1.807) is 0 Å². The van der Waals surface area contributed by atoms with Crippen molar-refractivity contribution in [3.05, 3.63) is 28.2 Å². The molecule has 2 rings (SSSR count). The third-order valence-corrected chi connectivity index (χ3v) is 3.09. The highest BCUT2D eigenvalue weighted by Gasteiger charge is 2.35. The highest BCUT2D eigenvalue weighted by molar-refractivity contribution is 5.04. The monoisotopic (exact) mass is 276 g/mol. The number of hydrogen-bond acceptors (Lipinski definition) is 3. The molecule has 1 unspecified atom stereocenters. The average Bonchev–Trinajstić information content (AvgIpc) is 2.60. The number of nitrogens with zero attached hydrogens (tertiary/aromatic N) is 2. The summed E-state index contributed by atoms with van der Waals surface area (Å²) in [6.45, 7) is 3.87. The Morgan fingerprint density at radius 3 is 2.68 bits per heavy atom. The van der Waals surface area contributed by atoms with Crippen molar-refractivity contribution in [2.24, 2.45) is 0 Å². The van der Waals surface area contributed by atoms with Gasteiger partial charge in [-0.25, -0.2) is 4.68 Å². The quantitative estimate of drug-likeness (QED) is 0.832. The minimum Gasteiger partial charge on any atom is -0.370 e. The largest absolute Gasteiger partial charge is 0.435 e. The Morgan fingerprint density at radius 2 is 2.16 bits per heavy atom. The van der Waals surface area contributed by atoms with Crippen LogP contribution in [0.1, 0.15) is 32.4 Å². The fourth-order valence-corrected chi connectivity index (χ4v) is 2.13. The van der Waals surface area contributed by atoms with E-state index in [0.717, 1.165) is 17.2 Å². The molecule has 0 radical (unpaired) electrons. The highest BCUT2D eigenvalue weighted by Crippen LogP contribution is 2.30. The summed E-state index contributed by atoms with van der Waals surface area (Å²) in [5.74, 6) is 0. The first-order valence-corrected chi connectivity index (χ1v) is 6.01. The molecule has 1 aromatic rings. The highest BCUT2D eigenvalue weighted by atomic mass is 19.4. The van der Waals surface area contributed by atoms with Crippen LogP contribution in [0.5, 0.6) is 0 Å². The number of hydrogen-bond donors (Lipinski definition) is 0. The van der Waals surface area contributed by atoms with Crippen molar-refractivity contribution in [1.29, 1.82) is 0 Å². The Kier molecular flexibility index (Phi) is 3.42. The Balaban J connectivity index is 2.19. The zero-order chi connectivity index (χ0) is 14.3. The van der Waals surface area contributed by atoms with Gasteiger partial charge in [-0.3, -0.25) is 4.79 Å². The number of aromatic nitrogens is 2. The van der Waals surface area contributed by atoms with Crippen LogP contribution in [0.2, 0.25) is 0 Å². The number of alkyl halides is 3. The molecule has 1 atom stereocenters. The summed E-state index contributed by atoms with van der Waals surface area (Å²) in [7, 11) is 0. The van der Waals surface area contributed by atoms with E-state index in [-0.39, 0.29) is 18.2 Å². The zero-order valence-corrected chi connectivity index (χ0v) is 10.7. The van der Waals surface area contributed by atoms with Crippen molar-refractivity contribution in [3.8, 4) is 0 Å². The molecule has 2 heterocycles. The standard InChI is InChI=1S/C12H15F3N2O2/c1-11(2)6-5-8(19-11)7-17-10(18)4-3-9(16-17)12(13,14)15/h3-4,8H,5-7H2,1-2H3. The van der Waals surface area contributed by atoms with Crippen molar-refractivity contribution in [2.45, 2.75) is 51.1 Å². The Hall–Kier alpha value is -1.37. The minimum atomic E-state index is -4.55. The lowest BCUT2D eigenvalue weighted by Crippen LogP contribution is -2.31. The summed E-state index contributed by atoms with van der Waals surface area (Å²) in [5.41, 5.74) is -1.92. The summed E-state index contributed by atoms with van der Waals surface area (Å²) in [5, 5.41) is 3.35. The van der Waals surface area contributed by atoms with Gasteiger partial charge in [-0.1, -0.05) is 0 Å². The third-order valence-electron chi connectivity index (χ3n) is 3.09. The van der Waals surface area contributed by atoms with E-state index in [9.17, 15) is 18.0 Å². The fourth-order valence-electron chi connectivity index (χ4n) is 2.13. The third kappa shape index (κ3) is 3.34. The molecule has 1 saturated heterocycles. The van der Waals surface area contributed by atoms with Crippen molar-refractivity contribution in [3.63, 3.8) is 0 Å². The van der Waals surface area contributed by atoms with E-state index in [1.165, 1.54) is 0 Å². The van der Waals surface area contributed by atoms with E-state index in [4.69, 9.17) is 4.74 Å². The van der Waals surface area contributed by atoms with Crippen LogP contribution in [-0.2, 0) is 17.5 Å². The minimum absolute atomic E-state index is 0.0478. The van der Waals surface area contributed by atoms with Gasteiger partial charge < -0.3 is 4.74 Å². The summed E-state index contributed by atoms with van der Waals surface area (Å²) in [6, 6.07) is 1.58. The molecule has 0 N–H and O–H groups in total. The van der Waals surface area contributed by atoms with Crippen molar-refractivity contribution >= 4 is 0 Å². The topological polar surface area (TPSA) is 44.1 Å². The van der Waals surface area contributed by atoms with Gasteiger partial charge in [0, 0.05) is 6.07 Å². The van der Waals surface area contributed by atoms with E-state index >= 15 is 0 Å². The number of rotatable bonds is 2. The van der Waals surface area contributed by atoms with Crippen LogP contribution in [0.15, 0.2) is 16.9 Å². The molecule has 0 aromatic carbocycles. The normalized spacial score (nSPS) is 22.7. The number of ether oxygens (including phenoxy) is 1. The van der Waals surface area contributed by atoms with Gasteiger partial charge in [-0.05, 0) is 32.8 Å². The second kappa shape index (κ2) is 4.63. The lowest BCUT2D eigenvalue weighted by Gasteiger charge is -2.19. The number of halogens is 3. The molecule has 7 heteroatoms. The molecule has 106 valence electrons. The van der Waals surface area contributed by atoms with Crippen molar-refractivity contribution < 1.29 is 17.9 Å². The maximum absolute atomic E-state index is 12.5. The summed E-state index contributed by atoms with van der Waals surface area (Å²) in [6.07, 6.45) is -3.31. The van der Waals surface area contributed by atoms with Crippen LogP contribution in [0.3, 0.4) is 0 Å². The molecule has 19 heavy (non-hydrogen) atoms. The molecule has 1 aliphatic heterocycles. The van der Waals surface area contributed by atoms with Gasteiger partial charge in [0.15, 0.2) is 5.69 Å². The van der Waals surface area contributed by atoms with Crippen LogP contribution in [-0.4, -0.2) is 21.5 Å². The predicted octanol–water partition coefficient (Wildman–Crippen LogP) is 2.22. The summed E-state index contributed by atoms with van der Waals surface area (Å²) in [4.78, 5) is 11.5. The first-order chi connectivity index (χ1) is 8.67. The molecular formula is C12H15F3N2O2. The summed E-state index contributed by atoms with van der Waals surface area (Å²) >= 11 is 0. The fraction of sp³-hybridized carbons (Fsp3) is 0.667. The van der Waals surface area contributed by atoms with Gasteiger partial charge in [0.05, 0.1) is 18.2 Å². The second-order valence-electron chi connectivity index (χ2n) is 5.27. The van der Waals surface area contributed by atoms with Crippen LogP contribution in [0.4, 0.5) is 13.2 Å². The van der Waals surface area contributed by atoms with E-state index in [1.807, 2.05) is 13.8 Å². The zero-order valence-electron chi connectivity index (χ0n) is 10.7. The Bertz CT molecular complexity index is 522. The first-order valence-electron chi connectivity index (χ1n) is 6.01. The van der Waals surface area contributed by atoms with Gasteiger partial charge in [0.1, 0.15) is 0 Å². The predicted molar refractivity (Wildman–Crippen MR) is 61.7 cm³/mol. The molecular weight excluding hydrogens is 261 g/mol. The molecule has 0 amide bonds. The molecule has 4 nitrogen and oxygen atoms in total. The maximum atomic E-state index is 12.5. The second-order valence-corrected chi connectivity index (χ2v) is 5.27. The van der Waals surface area contributed by atoms with E-state index in [0.29, 0.717) is 12.5 Å². The summed E-state index contributed by atoms with van der Waals surface area (Å²) < 4.78 is 44.1. The van der Waals surface area contributed by atoms with Crippen LogP contribution in [0, 0.1) is 0 Å². The molecule has 0 aliphatic carbocycles.